The summed E-state index contributed by atoms with van der Waals surface area (Å²) >= 11 is 0. The molecular formula is C36H47N5O6. The highest BCUT2D eigenvalue weighted by molar-refractivity contribution is 5.94. The van der Waals surface area contributed by atoms with E-state index in [4.69, 9.17) is 28.8 Å². The average Bonchev–Trinajstić information content (AvgIpc) is 3.83. The fraction of sp³-hybridized carbons (Fsp3) is 0.583. The van der Waals surface area contributed by atoms with Gasteiger partial charge in [-0.15, -0.1) is 0 Å². The Balaban J connectivity index is 1.15. The van der Waals surface area contributed by atoms with Gasteiger partial charge in [0.2, 0.25) is 5.91 Å². The first-order valence-electron chi connectivity index (χ1n) is 17.1. The van der Waals surface area contributed by atoms with Gasteiger partial charge in [-0.05, 0) is 108 Å². The number of alkyl carbamates (subject to hydrolysis) is 1. The van der Waals surface area contributed by atoms with Gasteiger partial charge >= 0.3 is 6.09 Å². The molecule has 2 amide bonds. The summed E-state index contributed by atoms with van der Waals surface area (Å²) in [4.78, 5) is 42.7. The predicted molar refractivity (Wildman–Crippen MR) is 176 cm³/mol. The lowest BCUT2D eigenvalue weighted by atomic mass is 9.79. The van der Waals surface area contributed by atoms with Gasteiger partial charge in [-0.25, -0.2) is 14.8 Å². The minimum absolute atomic E-state index is 0.0693. The molecular weight excluding hydrogens is 598 g/mol. The molecule has 3 fully saturated rings. The van der Waals surface area contributed by atoms with Gasteiger partial charge in [0.05, 0.1) is 25.5 Å². The van der Waals surface area contributed by atoms with Crippen molar-refractivity contribution in [2.24, 2.45) is 11.8 Å². The molecule has 3 heterocycles. The highest BCUT2D eigenvalue weighted by Crippen LogP contribution is 2.41. The summed E-state index contributed by atoms with van der Waals surface area (Å²) in [5.41, 5.74) is 3.66. The molecule has 11 nitrogen and oxygen atoms in total. The molecule has 0 radical (unpaired) electrons. The van der Waals surface area contributed by atoms with Crippen LogP contribution < -0.4 is 15.0 Å². The fourth-order valence-corrected chi connectivity index (χ4v) is 6.95. The largest absolute Gasteiger partial charge is 0.495 e. The van der Waals surface area contributed by atoms with E-state index in [1.165, 1.54) is 0 Å². The molecule has 3 aromatic rings. The minimum atomic E-state index is -0.530. The van der Waals surface area contributed by atoms with E-state index < -0.39 is 6.09 Å². The molecule has 0 unspecified atom stereocenters. The van der Waals surface area contributed by atoms with E-state index in [0.717, 1.165) is 72.8 Å². The second kappa shape index (κ2) is 14.8. The number of aromatic nitrogens is 3. The molecule has 252 valence electrons. The highest BCUT2D eigenvalue weighted by Gasteiger charge is 2.35. The summed E-state index contributed by atoms with van der Waals surface area (Å²) in [7, 11) is 1.67. The molecule has 0 bridgehead atoms. The first kappa shape index (κ1) is 32.9. The molecule has 3 aliphatic carbocycles. The second-order valence-electron chi connectivity index (χ2n) is 13.5. The standard InChI is InChI=1S/C36H47N5O6/c1-22(20-42)38-36(44)47-29-12-10-27(11-13-29)35(43)41(33-18-28(16-17-37-33)31-21-46-34(40-31)26-8-9-26)19-24-4-6-25(7-5-24)30-14-15-32(45-3)23(2)39-30/h14-18,21-22,24-27,29,42H,4-13,19-20H2,1-3H3,(H,38,44)/t22-,24-,25-,27-,29-/m0/s1. The number of nitrogens with one attached hydrogen (secondary N) is 1. The van der Waals surface area contributed by atoms with Crippen molar-refractivity contribution in [3.63, 3.8) is 0 Å². The molecule has 11 heteroatoms. The molecule has 3 aromatic heterocycles. The van der Waals surface area contributed by atoms with Gasteiger partial charge in [0.25, 0.3) is 0 Å². The maximum atomic E-state index is 14.3. The van der Waals surface area contributed by atoms with E-state index in [-0.39, 0.29) is 30.6 Å². The molecule has 3 saturated carbocycles. The van der Waals surface area contributed by atoms with Crippen LogP contribution in [-0.2, 0) is 9.53 Å². The van der Waals surface area contributed by atoms with E-state index in [0.29, 0.717) is 55.8 Å². The molecule has 1 atom stereocenters. The third-order valence-electron chi connectivity index (χ3n) is 9.95. The number of oxazole rings is 1. The Bertz CT molecular complexity index is 1520. The van der Waals surface area contributed by atoms with E-state index in [1.807, 2.05) is 30.0 Å². The van der Waals surface area contributed by atoms with Gasteiger partial charge in [0, 0.05) is 41.8 Å². The van der Waals surface area contributed by atoms with Crippen molar-refractivity contribution >= 4 is 17.8 Å². The first-order valence-corrected chi connectivity index (χ1v) is 17.1. The Morgan fingerprint density at radius 1 is 1.02 bits per heavy atom. The smallest absolute Gasteiger partial charge is 0.407 e. The lowest BCUT2D eigenvalue weighted by Crippen LogP contribution is -2.43. The Morgan fingerprint density at radius 3 is 2.45 bits per heavy atom. The average molecular weight is 646 g/mol. The summed E-state index contributed by atoms with van der Waals surface area (Å²) in [6.45, 7) is 4.14. The maximum Gasteiger partial charge on any atom is 0.407 e. The molecule has 47 heavy (non-hydrogen) atoms. The van der Waals surface area contributed by atoms with Crippen molar-refractivity contribution < 1.29 is 28.6 Å². The number of pyridine rings is 2. The number of anilines is 1. The summed E-state index contributed by atoms with van der Waals surface area (Å²) in [6, 6.07) is 7.59. The molecule has 6 rings (SSSR count). The lowest BCUT2D eigenvalue weighted by molar-refractivity contribution is -0.124. The van der Waals surface area contributed by atoms with Gasteiger partial charge in [-0.1, -0.05) is 0 Å². The fourth-order valence-electron chi connectivity index (χ4n) is 6.95. The van der Waals surface area contributed by atoms with Crippen LogP contribution in [-0.4, -0.2) is 64.5 Å². The zero-order valence-corrected chi connectivity index (χ0v) is 27.7. The van der Waals surface area contributed by atoms with Crippen molar-refractivity contribution in [2.75, 3.05) is 25.2 Å². The molecule has 0 aliphatic heterocycles. The number of aliphatic hydroxyl groups excluding tert-OH is 1. The highest BCUT2D eigenvalue weighted by atomic mass is 16.6. The van der Waals surface area contributed by atoms with E-state index >= 15 is 0 Å². The summed E-state index contributed by atoms with van der Waals surface area (Å²) < 4.78 is 16.8. The SMILES string of the molecule is COc1ccc([C@H]2CC[C@H](CN(c3cc(-c4coc(C5CC5)n4)ccn3)C(=O)[C@H]3CC[C@H](OC(=O)N[C@@H](C)CO)CC3)CC2)nc1C. The van der Waals surface area contributed by atoms with Crippen LogP contribution in [0.4, 0.5) is 10.6 Å². The topological polar surface area (TPSA) is 140 Å². The number of aliphatic hydroxyl groups is 1. The monoisotopic (exact) mass is 645 g/mol. The number of carbonyl (C=O) groups is 2. The number of carbonyl (C=O) groups excluding carboxylic acids is 2. The number of rotatable bonds is 11. The Labute approximate surface area is 276 Å². The number of hydrogen-bond donors (Lipinski definition) is 2. The molecule has 3 aliphatic rings. The van der Waals surface area contributed by atoms with Gasteiger partial charge in [-0.2, -0.15) is 0 Å². The van der Waals surface area contributed by atoms with E-state index in [2.05, 4.69) is 11.4 Å². The molecule has 0 spiro atoms. The normalized spacial score (nSPS) is 23.5. The second-order valence-corrected chi connectivity index (χ2v) is 13.5. The van der Waals surface area contributed by atoms with Gasteiger partial charge in [0.1, 0.15) is 29.6 Å². The number of aryl methyl sites for hydroxylation is 1. The Kier molecular flexibility index (Phi) is 10.4. The van der Waals surface area contributed by atoms with E-state index in [1.54, 1.807) is 26.5 Å². The number of amides is 2. The number of hydrogen-bond acceptors (Lipinski definition) is 9. The zero-order chi connectivity index (χ0) is 32.9. The van der Waals surface area contributed by atoms with Crippen LogP contribution in [0.3, 0.4) is 0 Å². The van der Waals surface area contributed by atoms with Crippen LogP contribution in [0.2, 0.25) is 0 Å². The zero-order valence-electron chi connectivity index (χ0n) is 27.7. The van der Waals surface area contributed by atoms with Crippen LogP contribution >= 0.6 is 0 Å². The quantitative estimate of drug-likeness (QED) is 0.246. The lowest BCUT2D eigenvalue weighted by Gasteiger charge is -2.35. The van der Waals surface area contributed by atoms with Crippen molar-refractivity contribution in [3.8, 4) is 17.0 Å². The maximum absolute atomic E-state index is 14.3. The van der Waals surface area contributed by atoms with Crippen LogP contribution in [0.15, 0.2) is 41.1 Å². The van der Waals surface area contributed by atoms with Crippen molar-refractivity contribution in [2.45, 2.75) is 102 Å². The van der Waals surface area contributed by atoms with Gasteiger partial charge < -0.3 is 24.3 Å². The van der Waals surface area contributed by atoms with Crippen LogP contribution in [0.5, 0.6) is 5.75 Å². The first-order chi connectivity index (χ1) is 22.8. The molecule has 0 aromatic carbocycles. The Morgan fingerprint density at radius 2 is 1.77 bits per heavy atom. The van der Waals surface area contributed by atoms with Crippen molar-refractivity contribution in [1.82, 2.24) is 20.3 Å². The van der Waals surface area contributed by atoms with Gasteiger partial charge in [0.15, 0.2) is 5.89 Å². The van der Waals surface area contributed by atoms with E-state index in [9.17, 15) is 14.7 Å². The van der Waals surface area contributed by atoms with Crippen LogP contribution in [0, 0.1) is 18.8 Å². The number of ether oxygens (including phenoxy) is 2. The summed E-state index contributed by atoms with van der Waals surface area (Å²) in [6.07, 6.45) is 11.4. The van der Waals surface area contributed by atoms with Crippen LogP contribution in [0.25, 0.3) is 11.3 Å². The number of methoxy groups -OCH3 is 1. The summed E-state index contributed by atoms with van der Waals surface area (Å²) in [5.74, 6) is 3.25. The molecule has 0 saturated heterocycles. The molecule has 2 N–H and O–H groups in total. The number of nitrogens with zero attached hydrogens (tertiary/aromatic N) is 4. The summed E-state index contributed by atoms with van der Waals surface area (Å²) in [5, 5.41) is 11.8. The van der Waals surface area contributed by atoms with Crippen molar-refractivity contribution in [1.29, 1.82) is 0 Å². The third-order valence-corrected chi connectivity index (χ3v) is 9.95. The van der Waals surface area contributed by atoms with Gasteiger partial charge in [-0.3, -0.25) is 14.7 Å². The Hall–Kier alpha value is -3.99. The van der Waals surface area contributed by atoms with Crippen molar-refractivity contribution in [3.05, 3.63) is 54.0 Å². The third kappa shape index (κ3) is 8.12. The van der Waals surface area contributed by atoms with Crippen LogP contribution in [0.1, 0.15) is 100 Å². The predicted octanol–water partition coefficient (Wildman–Crippen LogP) is 6.30. The minimum Gasteiger partial charge on any atom is -0.495 e.